The first-order chi connectivity index (χ1) is 32.4. The second kappa shape index (κ2) is 22.8. The van der Waals surface area contributed by atoms with Crippen molar-refractivity contribution < 1.29 is 143 Å². The van der Waals surface area contributed by atoms with Crippen LogP contribution in [-0.2, 0) is 61.6 Å². The van der Waals surface area contributed by atoms with Crippen LogP contribution in [0.3, 0.4) is 0 Å². The third-order valence-corrected chi connectivity index (χ3v) is 13.6. The molecule has 7 rings (SSSR count). The van der Waals surface area contributed by atoms with E-state index in [0.717, 1.165) is 0 Å². The van der Waals surface area contributed by atoms with Crippen molar-refractivity contribution in [2.45, 2.75) is 237 Å². The summed E-state index contributed by atoms with van der Waals surface area (Å²) in [5.74, 6) is 0. The van der Waals surface area contributed by atoms with Crippen molar-refractivity contribution >= 4 is 0 Å². The van der Waals surface area contributed by atoms with E-state index in [1.165, 1.54) is 34.6 Å². The summed E-state index contributed by atoms with van der Waals surface area (Å²) >= 11 is 0. The second-order valence-electron chi connectivity index (χ2n) is 18.6. The van der Waals surface area contributed by atoms with E-state index in [1.807, 2.05) is 0 Å². The Kier molecular flexibility index (Phi) is 18.3. The van der Waals surface area contributed by atoms with Crippen molar-refractivity contribution in [1.82, 2.24) is 0 Å². The van der Waals surface area contributed by atoms with Gasteiger partial charge in [-0.25, -0.2) is 0 Å². The molecule has 0 spiro atoms. The van der Waals surface area contributed by atoms with Crippen molar-refractivity contribution in [3.8, 4) is 0 Å². The smallest absolute Gasteiger partial charge is 0.187 e. The van der Waals surface area contributed by atoms with Gasteiger partial charge in [0.1, 0.15) is 128 Å². The van der Waals surface area contributed by atoms with Crippen LogP contribution >= 0.6 is 0 Å². The molecular weight excluding hydrogens is 944 g/mol. The van der Waals surface area contributed by atoms with E-state index in [2.05, 4.69) is 0 Å². The Labute approximate surface area is 393 Å². The van der Waals surface area contributed by atoms with Crippen LogP contribution < -0.4 is 0 Å². The molecular formula is C40H68O29. The summed E-state index contributed by atoms with van der Waals surface area (Å²) < 4.78 is 76.8. The SMILES string of the molecule is C[C@@H]1O[C@@H](O[C@@H]2[C@@H](O)[C@H](C)O[C@@H](O[C@H]3[C@H](O[C@@H]4[C@@H](O[C@@H]5OC[C@@H](O)[C@H](O)[C@H]5O)[C@H](C)O[C@@H](O[C@@H]5[C@@H](O)[C@H](C)O[C@@H](O)[C@@H]5O)[C@@H]4O[C@@H]4OC[C@@H](O)[C@H](O)[C@H]4O)O[C@@H](C)[C@H](O)[C@H]3O)[C@@H]2O)[C@H](O)[C@H](O)[C@H]1O. The first kappa shape index (κ1) is 55.6. The maximum absolute atomic E-state index is 11.7. The zero-order valence-corrected chi connectivity index (χ0v) is 37.9. The first-order valence-corrected chi connectivity index (χ1v) is 22.7. The number of rotatable bonds is 12. The minimum Gasteiger partial charge on any atom is -0.388 e. The lowest BCUT2D eigenvalue weighted by molar-refractivity contribution is -0.418. The zero-order valence-electron chi connectivity index (χ0n) is 37.9. The molecule has 0 amide bonds. The van der Waals surface area contributed by atoms with Gasteiger partial charge in [-0.3, -0.25) is 0 Å². The molecule has 0 aromatic carbocycles. The molecule has 0 aliphatic carbocycles. The molecule has 7 aliphatic rings. The van der Waals surface area contributed by atoms with E-state index in [-0.39, 0.29) is 0 Å². The van der Waals surface area contributed by atoms with Gasteiger partial charge in [0.25, 0.3) is 0 Å². The summed E-state index contributed by atoms with van der Waals surface area (Å²) in [7, 11) is 0. The van der Waals surface area contributed by atoms with Gasteiger partial charge >= 0.3 is 0 Å². The maximum atomic E-state index is 11.7. The van der Waals surface area contributed by atoms with Gasteiger partial charge in [-0.2, -0.15) is 0 Å². The number of hydrogen-bond acceptors (Lipinski definition) is 29. The summed E-state index contributed by atoms with van der Waals surface area (Å²) in [5.41, 5.74) is 0. The van der Waals surface area contributed by atoms with Crippen LogP contribution in [0.4, 0.5) is 0 Å². The molecule has 0 saturated carbocycles. The fraction of sp³-hybridized carbons (Fsp3) is 1.00. The summed E-state index contributed by atoms with van der Waals surface area (Å²) in [6.07, 6.45) is -57.0. The highest BCUT2D eigenvalue weighted by Gasteiger charge is 2.59. The fourth-order valence-electron chi connectivity index (χ4n) is 9.12. The topological polar surface area (TPSA) is 444 Å². The Hall–Kier alpha value is -1.16. The van der Waals surface area contributed by atoms with E-state index in [0.29, 0.717) is 0 Å². The average molecular weight is 1010 g/mol. The predicted octanol–water partition coefficient (Wildman–Crippen LogP) is -9.86. The van der Waals surface area contributed by atoms with Crippen molar-refractivity contribution in [2.24, 2.45) is 0 Å². The van der Waals surface area contributed by atoms with Gasteiger partial charge in [0.2, 0.25) is 0 Å². The van der Waals surface area contributed by atoms with Gasteiger partial charge in [0.15, 0.2) is 44.0 Å². The minimum absolute atomic E-state index is 0.553. The second-order valence-corrected chi connectivity index (χ2v) is 18.6. The van der Waals surface area contributed by atoms with Crippen molar-refractivity contribution in [3.63, 3.8) is 0 Å². The van der Waals surface area contributed by atoms with Crippen LogP contribution in [-0.4, -0.2) is 298 Å². The van der Waals surface area contributed by atoms with Gasteiger partial charge in [0.05, 0.1) is 43.7 Å². The van der Waals surface area contributed by atoms with Gasteiger partial charge in [-0.05, 0) is 34.6 Å². The average Bonchev–Trinajstić information content (AvgIpc) is 3.30. The molecule has 402 valence electrons. The van der Waals surface area contributed by atoms with Crippen LogP contribution in [0.2, 0.25) is 0 Å². The molecule has 0 aromatic rings. The van der Waals surface area contributed by atoms with E-state index in [9.17, 15) is 81.7 Å². The largest absolute Gasteiger partial charge is 0.388 e. The third-order valence-electron chi connectivity index (χ3n) is 13.6. The van der Waals surface area contributed by atoms with Crippen LogP contribution in [0.25, 0.3) is 0 Å². The standard InChI is InChI=1S/C40H68O29/c1-8-15(43)21(49)25(53)37(60-8)65-30-18(46)11(4)61-38(27(30)55)67-31-22(50)16(44)9(2)62-39(31)68-32-28(64-35-23(51)19(47)13(41)6-57-35)12(5)63-40(66-29-17(45)10(3)59-34(56)26(29)54)33(32)69-36-24(52)20(48)14(42)7-58-36/h8-56H,6-7H2,1-5H3/t8-,9-,10-,11-,12-,13+,14+,15-,16-,17-,18-,19-,20-,21+,22+,23+,24+,25+,26+,27+,28-,29+,30+,31+,32+,33+,34+,35-,36-,37-,38-,39-,40-/m0/s1. The highest BCUT2D eigenvalue weighted by Crippen LogP contribution is 2.39. The van der Waals surface area contributed by atoms with Gasteiger partial charge in [0, 0.05) is 0 Å². The molecule has 7 saturated heterocycles. The van der Waals surface area contributed by atoms with E-state index >= 15 is 0 Å². The Morgan fingerprint density at radius 3 is 1.19 bits per heavy atom. The van der Waals surface area contributed by atoms with E-state index in [1.54, 1.807) is 0 Å². The third kappa shape index (κ3) is 11.4. The summed E-state index contributed by atoms with van der Waals surface area (Å²) in [6, 6.07) is 0. The lowest BCUT2D eigenvalue weighted by atomic mass is 9.95. The number of aliphatic hydroxyl groups excluding tert-OH is 16. The Balaban J connectivity index is 1.24. The maximum Gasteiger partial charge on any atom is 0.187 e. The molecule has 7 aliphatic heterocycles. The number of hydrogen-bond donors (Lipinski definition) is 16. The van der Waals surface area contributed by atoms with Crippen LogP contribution in [0.1, 0.15) is 34.6 Å². The summed E-state index contributed by atoms with van der Waals surface area (Å²) in [4.78, 5) is 0. The van der Waals surface area contributed by atoms with Gasteiger partial charge < -0.3 is 143 Å². The Morgan fingerprint density at radius 2 is 0.623 bits per heavy atom. The molecule has 16 N–H and O–H groups in total. The molecule has 29 heteroatoms. The normalized spacial score (nSPS) is 56.7. The molecule has 69 heavy (non-hydrogen) atoms. The molecule has 7 fully saturated rings. The van der Waals surface area contributed by atoms with Crippen LogP contribution in [0, 0.1) is 0 Å². The molecule has 0 bridgehead atoms. The number of ether oxygens (including phenoxy) is 13. The quantitative estimate of drug-likeness (QED) is 0.0863. The van der Waals surface area contributed by atoms with E-state index < -0.39 is 216 Å². The monoisotopic (exact) mass is 1010 g/mol. The molecule has 33 atom stereocenters. The zero-order chi connectivity index (χ0) is 50.7. The Bertz CT molecular complexity index is 1610. The van der Waals surface area contributed by atoms with Crippen LogP contribution in [0.5, 0.6) is 0 Å². The minimum atomic E-state index is -2.03. The molecule has 29 nitrogen and oxygen atoms in total. The summed E-state index contributed by atoms with van der Waals surface area (Å²) in [6.45, 7) is 5.62. The Morgan fingerprint density at radius 1 is 0.261 bits per heavy atom. The predicted molar refractivity (Wildman–Crippen MR) is 213 cm³/mol. The van der Waals surface area contributed by atoms with Gasteiger partial charge in [-0.1, -0.05) is 0 Å². The van der Waals surface area contributed by atoms with Crippen molar-refractivity contribution in [3.05, 3.63) is 0 Å². The lowest BCUT2D eigenvalue weighted by Crippen LogP contribution is -2.69. The van der Waals surface area contributed by atoms with Gasteiger partial charge in [-0.15, -0.1) is 0 Å². The highest BCUT2D eigenvalue weighted by atomic mass is 16.8. The van der Waals surface area contributed by atoms with Crippen molar-refractivity contribution in [1.29, 1.82) is 0 Å². The molecule has 0 unspecified atom stereocenters. The van der Waals surface area contributed by atoms with Crippen molar-refractivity contribution in [2.75, 3.05) is 13.2 Å². The first-order valence-electron chi connectivity index (χ1n) is 22.7. The molecule has 0 radical (unpaired) electrons. The highest BCUT2D eigenvalue weighted by molar-refractivity contribution is 5.00. The van der Waals surface area contributed by atoms with Crippen LogP contribution in [0.15, 0.2) is 0 Å². The lowest BCUT2D eigenvalue weighted by Gasteiger charge is -2.52. The molecule has 0 aromatic heterocycles. The fourth-order valence-corrected chi connectivity index (χ4v) is 9.12. The number of aliphatic hydroxyl groups is 16. The molecule has 7 heterocycles. The van der Waals surface area contributed by atoms with E-state index in [4.69, 9.17) is 61.6 Å². The summed E-state index contributed by atoms with van der Waals surface area (Å²) in [5, 5.41) is 173.